The van der Waals surface area contributed by atoms with Gasteiger partial charge in [0.1, 0.15) is 11.2 Å². The number of aliphatic hydroxyl groups is 1. The number of hydrogen-bond donors (Lipinski definition) is 3. The quantitative estimate of drug-likeness (QED) is 0.670. The van der Waals surface area contributed by atoms with Gasteiger partial charge in [0, 0.05) is 25.7 Å². The molecule has 7 heteroatoms. The average Bonchev–Trinajstić information content (AvgIpc) is 2.64. The predicted octanol–water partition coefficient (Wildman–Crippen LogP) is 1.74. The number of hydrogen-bond acceptors (Lipinski definition) is 5. The van der Waals surface area contributed by atoms with Gasteiger partial charge in [0.15, 0.2) is 0 Å². The van der Waals surface area contributed by atoms with Crippen LogP contribution in [-0.2, 0) is 17.8 Å². The fraction of sp³-hybridized carbons (Fsp3) is 0.476. The fourth-order valence-corrected chi connectivity index (χ4v) is 4.07. The van der Waals surface area contributed by atoms with E-state index in [1.807, 2.05) is 35.2 Å². The number of H-pyrrole nitrogens is 1. The molecule has 0 radical (unpaired) electrons. The van der Waals surface area contributed by atoms with E-state index in [0.717, 1.165) is 12.0 Å². The van der Waals surface area contributed by atoms with E-state index in [1.54, 1.807) is 6.92 Å². The van der Waals surface area contributed by atoms with Gasteiger partial charge in [-0.1, -0.05) is 30.3 Å². The Labute approximate surface area is 164 Å². The van der Waals surface area contributed by atoms with Gasteiger partial charge in [-0.2, -0.15) is 0 Å². The number of likely N-dealkylation sites (tertiary alicyclic amines) is 1. The summed E-state index contributed by atoms with van der Waals surface area (Å²) in [5.74, 6) is -0.431. The minimum absolute atomic E-state index is 0.216. The molecule has 150 valence electrons. The van der Waals surface area contributed by atoms with Gasteiger partial charge in [-0.05, 0) is 38.2 Å². The summed E-state index contributed by atoms with van der Waals surface area (Å²) in [5.41, 5.74) is 0.352. The van der Waals surface area contributed by atoms with Gasteiger partial charge in [-0.25, -0.2) is 4.98 Å². The van der Waals surface area contributed by atoms with Crippen LogP contribution in [0.4, 0.5) is 0 Å². The highest BCUT2D eigenvalue weighted by Gasteiger charge is 2.48. The zero-order chi connectivity index (χ0) is 20.1. The molecule has 3 N–H and O–H groups in total. The van der Waals surface area contributed by atoms with E-state index in [9.17, 15) is 19.8 Å². The fourth-order valence-electron chi connectivity index (χ4n) is 4.07. The molecule has 1 saturated heterocycles. The monoisotopic (exact) mass is 385 g/mol. The van der Waals surface area contributed by atoms with Crippen LogP contribution in [0.1, 0.15) is 36.3 Å². The summed E-state index contributed by atoms with van der Waals surface area (Å²) in [5, 5.41) is 20.6. The van der Waals surface area contributed by atoms with Crippen molar-refractivity contribution in [2.24, 2.45) is 5.41 Å². The van der Waals surface area contributed by atoms with Crippen molar-refractivity contribution in [3.63, 3.8) is 0 Å². The van der Waals surface area contributed by atoms with Crippen molar-refractivity contribution in [2.75, 3.05) is 13.1 Å². The topological polar surface area (TPSA) is 107 Å². The van der Waals surface area contributed by atoms with Gasteiger partial charge in [-0.3, -0.25) is 14.5 Å². The molecular formula is C21H27N3O4. The van der Waals surface area contributed by atoms with Gasteiger partial charge in [0.05, 0.1) is 11.8 Å². The molecule has 7 nitrogen and oxygen atoms in total. The van der Waals surface area contributed by atoms with Crippen LogP contribution in [0, 0.1) is 12.3 Å². The van der Waals surface area contributed by atoms with Gasteiger partial charge >= 0.3 is 5.97 Å². The Bertz CT molecular complexity index is 867. The van der Waals surface area contributed by atoms with Crippen LogP contribution in [0.3, 0.4) is 0 Å². The molecule has 1 aliphatic rings. The van der Waals surface area contributed by atoms with Crippen molar-refractivity contribution < 1.29 is 15.0 Å². The number of carboxylic acids is 1. The zero-order valence-corrected chi connectivity index (χ0v) is 16.1. The normalized spacial score (nSPS) is 22.9. The highest BCUT2D eigenvalue weighted by atomic mass is 16.4. The Morgan fingerprint density at radius 2 is 2.11 bits per heavy atom. The molecule has 2 heterocycles. The van der Waals surface area contributed by atoms with Crippen LogP contribution in [-0.4, -0.2) is 50.2 Å². The van der Waals surface area contributed by atoms with E-state index < -0.39 is 17.5 Å². The lowest BCUT2D eigenvalue weighted by atomic mass is 9.73. The summed E-state index contributed by atoms with van der Waals surface area (Å²) in [6, 6.07) is 11.4. The molecule has 1 fully saturated rings. The Morgan fingerprint density at radius 1 is 1.36 bits per heavy atom. The summed E-state index contributed by atoms with van der Waals surface area (Å²) in [6.07, 6.45) is 1.36. The van der Waals surface area contributed by atoms with Gasteiger partial charge in [-0.15, -0.1) is 0 Å². The molecule has 1 aliphatic heterocycles. The smallest absolute Gasteiger partial charge is 0.313 e. The number of nitrogens with one attached hydrogen (secondary N) is 1. The molecule has 2 aromatic rings. The molecule has 0 bridgehead atoms. The number of carbonyl (C=O) groups is 1. The Balaban J connectivity index is 1.71. The first-order valence-electron chi connectivity index (χ1n) is 9.64. The third kappa shape index (κ3) is 4.66. The van der Waals surface area contributed by atoms with Gasteiger partial charge in [0.2, 0.25) is 0 Å². The molecule has 1 aromatic heterocycles. The van der Waals surface area contributed by atoms with Crippen molar-refractivity contribution in [2.45, 2.75) is 45.3 Å². The highest BCUT2D eigenvalue weighted by molar-refractivity contribution is 5.76. The average molecular weight is 385 g/mol. The number of aromatic nitrogens is 2. The second kappa shape index (κ2) is 8.67. The van der Waals surface area contributed by atoms with Crippen molar-refractivity contribution >= 4 is 5.97 Å². The molecule has 0 aliphatic carbocycles. The van der Waals surface area contributed by atoms with E-state index >= 15 is 0 Å². The lowest BCUT2D eigenvalue weighted by Crippen LogP contribution is -2.55. The molecule has 1 aromatic carbocycles. The second-order valence-corrected chi connectivity index (χ2v) is 7.64. The molecule has 0 unspecified atom stereocenters. The summed E-state index contributed by atoms with van der Waals surface area (Å²) in [4.78, 5) is 32.8. The van der Waals surface area contributed by atoms with E-state index in [2.05, 4.69) is 9.97 Å². The molecule has 2 atom stereocenters. The number of nitrogens with zero attached hydrogens (tertiary/aromatic N) is 2. The first-order chi connectivity index (χ1) is 13.4. The van der Waals surface area contributed by atoms with Crippen molar-refractivity contribution in [3.8, 4) is 0 Å². The molecule has 3 rings (SSSR count). The standard InChI is InChI=1S/C21H27N3O4/c1-15-22-17(12-19(26)23-15)13-24-11-9-18(25)21(14-24,20(27)28)10-5-8-16-6-3-2-4-7-16/h2-4,6-7,12,18,25H,5,8-11,13-14H2,1H3,(H,27,28)(H,22,23,26)/t18-,21-/m1/s1. The summed E-state index contributed by atoms with van der Waals surface area (Å²) < 4.78 is 0. The molecule has 0 amide bonds. The third-order valence-corrected chi connectivity index (χ3v) is 5.52. The van der Waals surface area contributed by atoms with E-state index in [1.165, 1.54) is 6.07 Å². The van der Waals surface area contributed by atoms with Crippen LogP contribution in [0.25, 0.3) is 0 Å². The van der Waals surface area contributed by atoms with Crippen LogP contribution >= 0.6 is 0 Å². The van der Waals surface area contributed by atoms with Crippen molar-refractivity contribution in [3.05, 3.63) is 63.8 Å². The summed E-state index contributed by atoms with van der Waals surface area (Å²) in [7, 11) is 0. The number of aryl methyl sites for hydroxylation is 2. The lowest BCUT2D eigenvalue weighted by Gasteiger charge is -2.43. The van der Waals surface area contributed by atoms with Crippen LogP contribution < -0.4 is 5.56 Å². The number of carboxylic acid groups (broad SMARTS) is 1. The first kappa shape index (κ1) is 20.2. The summed E-state index contributed by atoms with van der Waals surface area (Å²) in [6.45, 7) is 2.93. The van der Waals surface area contributed by atoms with E-state index in [-0.39, 0.29) is 12.1 Å². The van der Waals surface area contributed by atoms with Crippen LogP contribution in [0.15, 0.2) is 41.2 Å². The maximum atomic E-state index is 12.2. The van der Waals surface area contributed by atoms with E-state index in [4.69, 9.17) is 0 Å². The Hall–Kier alpha value is -2.51. The highest BCUT2D eigenvalue weighted by Crippen LogP contribution is 2.36. The minimum atomic E-state index is -1.21. The number of aliphatic carboxylic acids is 1. The number of aliphatic hydroxyl groups excluding tert-OH is 1. The number of benzene rings is 1. The van der Waals surface area contributed by atoms with Crippen LogP contribution in [0.2, 0.25) is 0 Å². The Kier molecular flexibility index (Phi) is 6.26. The maximum Gasteiger partial charge on any atom is 0.313 e. The predicted molar refractivity (Wildman–Crippen MR) is 105 cm³/mol. The van der Waals surface area contributed by atoms with Crippen molar-refractivity contribution in [1.82, 2.24) is 14.9 Å². The minimum Gasteiger partial charge on any atom is -0.481 e. The van der Waals surface area contributed by atoms with Gasteiger partial charge < -0.3 is 15.2 Å². The van der Waals surface area contributed by atoms with Gasteiger partial charge in [0.25, 0.3) is 5.56 Å². The maximum absolute atomic E-state index is 12.2. The molecule has 0 saturated carbocycles. The van der Waals surface area contributed by atoms with Crippen molar-refractivity contribution in [1.29, 1.82) is 0 Å². The van der Waals surface area contributed by atoms with E-state index in [0.29, 0.717) is 43.9 Å². The lowest BCUT2D eigenvalue weighted by molar-refractivity contribution is -0.164. The molecule has 0 spiro atoms. The Morgan fingerprint density at radius 3 is 2.79 bits per heavy atom. The second-order valence-electron chi connectivity index (χ2n) is 7.64. The number of piperidine rings is 1. The number of aromatic amines is 1. The van der Waals surface area contributed by atoms with Crippen LogP contribution in [0.5, 0.6) is 0 Å². The molecule has 28 heavy (non-hydrogen) atoms. The third-order valence-electron chi connectivity index (χ3n) is 5.52. The SMILES string of the molecule is Cc1nc(CN2CC[C@@H](O)[C@](CCCc3ccccc3)(C(=O)O)C2)cc(=O)[nH]1. The molecular weight excluding hydrogens is 358 g/mol. The summed E-state index contributed by atoms with van der Waals surface area (Å²) >= 11 is 0. The largest absolute Gasteiger partial charge is 0.481 e. The number of rotatable bonds is 7. The first-order valence-corrected chi connectivity index (χ1v) is 9.64. The zero-order valence-electron chi connectivity index (χ0n) is 16.1.